The van der Waals surface area contributed by atoms with Gasteiger partial charge in [0, 0.05) is 5.02 Å². The van der Waals surface area contributed by atoms with E-state index in [0.717, 1.165) is 17.4 Å². The Morgan fingerprint density at radius 1 is 0.793 bits per heavy atom. The van der Waals surface area contributed by atoms with Crippen LogP contribution >= 0.6 is 34.8 Å². The van der Waals surface area contributed by atoms with Crippen LogP contribution in [0.3, 0.4) is 0 Å². The van der Waals surface area contributed by atoms with Crippen molar-refractivity contribution in [3.05, 3.63) is 27.2 Å². The fourth-order valence-electron chi connectivity index (χ4n) is 1.49. The predicted octanol–water partition coefficient (Wildman–Crippen LogP) is 6.62. The Kier molecular flexibility index (Phi) is 6.92. The normalized spacial score (nSPS) is 15.8. The van der Waals surface area contributed by atoms with E-state index in [4.69, 9.17) is 34.8 Å². The van der Waals surface area contributed by atoms with Crippen LogP contribution < -0.4 is 5.32 Å². The molecule has 1 aromatic rings. The number of carbonyl (C=O) groups excluding carboxylic acids is 1. The fourth-order valence-corrected chi connectivity index (χ4v) is 2.41. The molecule has 166 valence electrons. The first kappa shape index (κ1) is 25.8. The van der Waals surface area contributed by atoms with Crippen molar-refractivity contribution in [2.24, 2.45) is 0 Å². The molecule has 0 spiro atoms. The molecule has 1 amide bonds. The van der Waals surface area contributed by atoms with Gasteiger partial charge in [-0.15, -0.1) is 0 Å². The smallest absolute Gasteiger partial charge is 0.318 e. The lowest BCUT2D eigenvalue weighted by atomic mass is 10.2. The first-order chi connectivity index (χ1) is 12.7. The molecule has 0 radical (unpaired) electrons. The number of rotatable bonds is 5. The zero-order valence-electron chi connectivity index (χ0n) is 12.8. The Morgan fingerprint density at radius 3 is 1.55 bits per heavy atom. The minimum absolute atomic E-state index is 0.257. The summed E-state index contributed by atoms with van der Waals surface area (Å²) >= 11 is 16.4. The van der Waals surface area contributed by atoms with Gasteiger partial charge in [0.15, 0.2) is 0 Å². The maximum absolute atomic E-state index is 14.1. The average Bonchev–Trinajstić information content (AvgIpc) is 2.47. The first-order valence-corrected chi connectivity index (χ1v) is 7.55. The molecule has 0 fully saturated rings. The summed E-state index contributed by atoms with van der Waals surface area (Å²) in [6.45, 7) is 0. The highest BCUT2D eigenvalue weighted by atomic mass is 35.5. The van der Waals surface area contributed by atoms with Crippen LogP contribution in [0, 0.1) is 0 Å². The number of alkyl halides is 11. The molecule has 0 saturated carbocycles. The lowest BCUT2D eigenvalue weighted by molar-refractivity contribution is -0.472. The van der Waals surface area contributed by atoms with E-state index in [2.05, 4.69) is 4.74 Å². The van der Waals surface area contributed by atoms with Gasteiger partial charge in [0.05, 0.1) is 15.7 Å². The highest BCUT2D eigenvalue weighted by Crippen LogP contribution is 2.51. The third-order valence-corrected chi connectivity index (χ3v) is 3.71. The molecule has 3 nitrogen and oxygen atoms in total. The van der Waals surface area contributed by atoms with Gasteiger partial charge in [-0.3, -0.25) is 9.53 Å². The van der Waals surface area contributed by atoms with Crippen molar-refractivity contribution in [2.75, 3.05) is 5.32 Å². The van der Waals surface area contributed by atoms with Crippen molar-refractivity contribution in [1.82, 2.24) is 0 Å². The van der Waals surface area contributed by atoms with E-state index in [-0.39, 0.29) is 5.02 Å². The second kappa shape index (κ2) is 7.78. The van der Waals surface area contributed by atoms with Crippen LogP contribution in [0.1, 0.15) is 0 Å². The zero-order valence-corrected chi connectivity index (χ0v) is 15.0. The largest absolute Gasteiger partial charge is 0.462 e. The molecule has 0 saturated heterocycles. The number of benzene rings is 1. The standard InChI is InChI=1S/C12H3Cl3F11NO2/c13-3-1-4(14)6(5(15)2-3)27-7(28)8(16,10(19,20)21)29-12(25,26)9(17,18)11(22,23)24/h1-2H,(H,27,28). The second-order valence-corrected chi connectivity index (χ2v) is 6.23. The monoisotopic (exact) mass is 507 g/mol. The molecule has 1 rings (SSSR count). The first-order valence-electron chi connectivity index (χ1n) is 6.41. The van der Waals surface area contributed by atoms with Crippen LogP contribution in [0.25, 0.3) is 0 Å². The minimum atomic E-state index is -7.31. The van der Waals surface area contributed by atoms with E-state index in [0.29, 0.717) is 0 Å². The number of hydrogen-bond donors (Lipinski definition) is 1. The summed E-state index contributed by atoms with van der Waals surface area (Å²) in [5.41, 5.74) is -1.07. The Balaban J connectivity index is 3.41. The number of hydrogen-bond acceptors (Lipinski definition) is 2. The number of ether oxygens (including phenoxy) is 1. The van der Waals surface area contributed by atoms with Gasteiger partial charge in [-0.1, -0.05) is 34.8 Å². The van der Waals surface area contributed by atoms with Gasteiger partial charge in [-0.05, 0) is 12.1 Å². The molecule has 1 aromatic carbocycles. The molecule has 1 N–H and O–H groups in total. The van der Waals surface area contributed by atoms with Crippen LogP contribution in [-0.2, 0) is 9.53 Å². The van der Waals surface area contributed by atoms with E-state index in [9.17, 15) is 53.1 Å². The number of halogens is 14. The molecule has 17 heteroatoms. The van der Waals surface area contributed by atoms with Crippen molar-refractivity contribution < 1.29 is 57.8 Å². The number of nitrogens with one attached hydrogen (secondary N) is 1. The van der Waals surface area contributed by atoms with Gasteiger partial charge < -0.3 is 5.32 Å². The minimum Gasteiger partial charge on any atom is -0.318 e. The lowest BCUT2D eigenvalue weighted by Crippen LogP contribution is -2.62. The molecular formula is C12H3Cl3F11NO2. The average molecular weight is 508 g/mol. The number of anilines is 1. The summed E-state index contributed by atoms with van der Waals surface area (Å²) < 4.78 is 143. The topological polar surface area (TPSA) is 38.3 Å². The fraction of sp³-hybridized carbons (Fsp3) is 0.417. The van der Waals surface area contributed by atoms with Gasteiger partial charge in [0.1, 0.15) is 0 Å². The summed E-state index contributed by atoms with van der Waals surface area (Å²) in [6, 6.07) is 1.46. The van der Waals surface area contributed by atoms with Gasteiger partial charge in [0.2, 0.25) is 0 Å². The molecule has 0 aliphatic heterocycles. The van der Waals surface area contributed by atoms with E-state index in [1.165, 1.54) is 0 Å². The van der Waals surface area contributed by atoms with Crippen LogP contribution in [0.15, 0.2) is 12.1 Å². The zero-order chi connectivity index (χ0) is 23.2. The summed E-state index contributed by atoms with van der Waals surface area (Å²) in [7, 11) is 0. The van der Waals surface area contributed by atoms with Gasteiger partial charge in [0.25, 0.3) is 5.91 Å². The number of amides is 1. The van der Waals surface area contributed by atoms with Crippen molar-refractivity contribution in [2.45, 2.75) is 30.2 Å². The van der Waals surface area contributed by atoms with Crippen molar-refractivity contribution in [1.29, 1.82) is 0 Å². The lowest BCUT2D eigenvalue weighted by Gasteiger charge is -2.34. The Labute approximate surface area is 167 Å². The molecular weight excluding hydrogens is 505 g/mol. The third kappa shape index (κ3) is 4.91. The van der Waals surface area contributed by atoms with E-state index in [1.807, 2.05) is 0 Å². The highest BCUT2D eigenvalue weighted by Gasteiger charge is 2.79. The summed E-state index contributed by atoms with van der Waals surface area (Å²) in [4.78, 5) is 11.6. The van der Waals surface area contributed by atoms with E-state index >= 15 is 0 Å². The molecule has 1 unspecified atom stereocenters. The van der Waals surface area contributed by atoms with Crippen LogP contribution in [-0.4, -0.2) is 36.1 Å². The van der Waals surface area contributed by atoms with Gasteiger partial charge >= 0.3 is 30.2 Å². The molecule has 0 heterocycles. The highest BCUT2D eigenvalue weighted by molar-refractivity contribution is 6.42. The summed E-state index contributed by atoms with van der Waals surface area (Å²) in [5.74, 6) is -17.0. The van der Waals surface area contributed by atoms with Crippen LogP contribution in [0.5, 0.6) is 0 Å². The van der Waals surface area contributed by atoms with Gasteiger partial charge in [-0.2, -0.15) is 48.3 Å². The summed E-state index contributed by atoms with van der Waals surface area (Å²) in [5, 5.41) is -0.873. The maximum Gasteiger partial charge on any atom is 0.462 e. The second-order valence-electron chi connectivity index (χ2n) is 4.98. The molecule has 0 aliphatic carbocycles. The van der Waals surface area contributed by atoms with Crippen molar-refractivity contribution in [3.63, 3.8) is 0 Å². The van der Waals surface area contributed by atoms with Crippen molar-refractivity contribution in [3.8, 4) is 0 Å². The Morgan fingerprint density at radius 2 is 1.21 bits per heavy atom. The maximum atomic E-state index is 14.1. The Hall–Kier alpha value is -1.25. The molecule has 29 heavy (non-hydrogen) atoms. The summed E-state index contributed by atoms with van der Waals surface area (Å²) in [6.07, 6.45) is -21.2. The molecule has 0 aliphatic rings. The third-order valence-electron chi connectivity index (χ3n) is 2.89. The Bertz CT molecular complexity index is 773. The SMILES string of the molecule is O=C(Nc1c(Cl)cc(Cl)cc1Cl)C(F)(OC(F)(F)C(F)(F)C(F)(F)F)C(F)(F)F. The van der Waals surface area contributed by atoms with E-state index in [1.54, 1.807) is 0 Å². The van der Waals surface area contributed by atoms with Crippen LogP contribution in [0.2, 0.25) is 15.1 Å². The number of carbonyl (C=O) groups is 1. The predicted molar refractivity (Wildman–Crippen MR) is 77.0 cm³/mol. The molecule has 1 atom stereocenters. The molecule has 0 bridgehead atoms. The molecule has 0 aromatic heterocycles. The van der Waals surface area contributed by atoms with Crippen molar-refractivity contribution >= 4 is 46.4 Å². The van der Waals surface area contributed by atoms with Gasteiger partial charge in [-0.25, -0.2) is 0 Å². The van der Waals surface area contributed by atoms with Crippen LogP contribution in [0.4, 0.5) is 54.0 Å². The quantitative estimate of drug-likeness (QED) is 0.454. The van der Waals surface area contributed by atoms with E-state index < -0.39 is 51.9 Å².